The third-order valence-electron chi connectivity index (χ3n) is 3.85. The largest absolute Gasteiger partial charge is 0.497 e. The summed E-state index contributed by atoms with van der Waals surface area (Å²) in [5.41, 5.74) is 0.987. The van der Waals surface area contributed by atoms with Crippen LogP contribution in [0.25, 0.3) is 0 Å². The van der Waals surface area contributed by atoms with E-state index in [2.05, 4.69) is 4.72 Å². The minimum Gasteiger partial charge on any atom is -0.497 e. The van der Waals surface area contributed by atoms with Crippen molar-refractivity contribution in [1.82, 2.24) is 0 Å². The van der Waals surface area contributed by atoms with Crippen molar-refractivity contribution in [2.45, 2.75) is 4.90 Å². The monoisotopic (exact) mass is 378 g/mol. The maximum Gasteiger partial charge on any atom is 0.414 e. The number of amides is 1. The van der Waals surface area contributed by atoms with E-state index in [1.54, 1.807) is 30.3 Å². The number of hydrogen-bond donors (Lipinski definition) is 1. The summed E-state index contributed by atoms with van der Waals surface area (Å²) in [5, 5.41) is 0. The van der Waals surface area contributed by atoms with Crippen LogP contribution in [0, 0.1) is 0 Å². The molecule has 0 saturated carbocycles. The predicted molar refractivity (Wildman–Crippen MR) is 95.5 cm³/mol. The van der Waals surface area contributed by atoms with E-state index in [1.807, 2.05) is 0 Å². The molecule has 0 atom stereocenters. The lowest BCUT2D eigenvalue weighted by Crippen LogP contribution is -2.23. The molecule has 0 radical (unpaired) electrons. The van der Waals surface area contributed by atoms with Gasteiger partial charge in [-0.25, -0.2) is 13.2 Å². The fraction of sp³-hybridized carbons (Fsp3) is 0.235. The Hall–Kier alpha value is -2.94. The minimum atomic E-state index is -3.89. The van der Waals surface area contributed by atoms with E-state index in [0.29, 0.717) is 30.3 Å². The number of ether oxygens (including phenoxy) is 3. The first-order chi connectivity index (χ1) is 12.4. The molecule has 2 aromatic carbocycles. The summed E-state index contributed by atoms with van der Waals surface area (Å²) >= 11 is 0. The summed E-state index contributed by atoms with van der Waals surface area (Å²) in [6.45, 7) is 0.799. The van der Waals surface area contributed by atoms with Gasteiger partial charge in [0.25, 0.3) is 10.0 Å². The molecule has 3 rings (SSSR count). The van der Waals surface area contributed by atoms with Gasteiger partial charge in [0, 0.05) is 17.4 Å². The van der Waals surface area contributed by atoms with Crippen LogP contribution in [0.3, 0.4) is 0 Å². The smallest absolute Gasteiger partial charge is 0.414 e. The molecule has 1 amide bonds. The Morgan fingerprint density at radius 1 is 1.08 bits per heavy atom. The predicted octanol–water partition coefficient (Wildman–Crippen LogP) is 2.46. The molecule has 1 saturated heterocycles. The summed E-state index contributed by atoms with van der Waals surface area (Å²) in [4.78, 5) is 13.0. The first kappa shape index (κ1) is 17.9. The van der Waals surface area contributed by atoms with Crippen molar-refractivity contribution in [3.63, 3.8) is 0 Å². The number of cyclic esters (lactones) is 1. The van der Waals surface area contributed by atoms with Crippen molar-refractivity contribution in [1.29, 1.82) is 0 Å². The number of carbonyl (C=O) groups excluding carboxylic acids is 1. The molecule has 0 spiro atoms. The van der Waals surface area contributed by atoms with Gasteiger partial charge in [-0.3, -0.25) is 9.62 Å². The number of nitrogens with one attached hydrogen (secondary N) is 1. The fourth-order valence-corrected chi connectivity index (χ4v) is 3.79. The summed E-state index contributed by atoms with van der Waals surface area (Å²) in [6, 6.07) is 11.0. The Balaban J connectivity index is 1.85. The average molecular weight is 378 g/mol. The second-order valence-corrected chi connectivity index (χ2v) is 7.09. The number of carbonyl (C=O) groups is 1. The van der Waals surface area contributed by atoms with Crippen LogP contribution in [0.4, 0.5) is 16.2 Å². The highest BCUT2D eigenvalue weighted by molar-refractivity contribution is 7.92. The van der Waals surface area contributed by atoms with Crippen molar-refractivity contribution < 1.29 is 27.4 Å². The second-order valence-electron chi connectivity index (χ2n) is 5.44. The minimum absolute atomic E-state index is 0.0356. The third-order valence-corrected chi connectivity index (χ3v) is 5.25. The van der Waals surface area contributed by atoms with Crippen molar-refractivity contribution >= 4 is 27.5 Å². The van der Waals surface area contributed by atoms with Crippen LogP contribution >= 0.6 is 0 Å². The molecule has 8 nitrogen and oxygen atoms in total. The highest BCUT2D eigenvalue weighted by atomic mass is 32.2. The van der Waals surface area contributed by atoms with Crippen molar-refractivity contribution in [2.24, 2.45) is 0 Å². The first-order valence-electron chi connectivity index (χ1n) is 7.74. The van der Waals surface area contributed by atoms with Gasteiger partial charge in [0.05, 0.1) is 20.8 Å². The van der Waals surface area contributed by atoms with Crippen LogP contribution in [0.2, 0.25) is 0 Å². The summed E-state index contributed by atoms with van der Waals surface area (Å²) in [7, 11) is -1.05. The van der Waals surface area contributed by atoms with Crippen molar-refractivity contribution in [2.75, 3.05) is 37.0 Å². The van der Waals surface area contributed by atoms with E-state index >= 15 is 0 Å². The van der Waals surface area contributed by atoms with Crippen molar-refractivity contribution in [3.05, 3.63) is 42.5 Å². The molecule has 26 heavy (non-hydrogen) atoms. The van der Waals surface area contributed by atoms with Crippen molar-refractivity contribution in [3.8, 4) is 11.5 Å². The molecular weight excluding hydrogens is 360 g/mol. The number of hydrogen-bond acceptors (Lipinski definition) is 6. The van der Waals surface area contributed by atoms with Crippen LogP contribution in [-0.2, 0) is 14.8 Å². The molecule has 1 heterocycles. The quantitative estimate of drug-likeness (QED) is 0.830. The second kappa shape index (κ2) is 7.12. The van der Waals surface area contributed by atoms with Gasteiger partial charge in [-0.1, -0.05) is 0 Å². The number of anilines is 2. The lowest BCUT2D eigenvalue weighted by atomic mass is 10.2. The molecule has 0 aliphatic carbocycles. The van der Waals surface area contributed by atoms with Gasteiger partial charge >= 0.3 is 6.09 Å². The van der Waals surface area contributed by atoms with Gasteiger partial charge in [-0.05, 0) is 36.4 Å². The SMILES string of the molecule is COc1ccc(OC)c(S(=O)(=O)Nc2ccc(N3CCOC3=O)cc2)c1. The zero-order valence-corrected chi connectivity index (χ0v) is 15.1. The standard InChI is InChI=1S/C17H18N2O6S/c1-23-14-7-8-15(24-2)16(11-14)26(21,22)18-12-3-5-13(6-4-12)19-9-10-25-17(19)20/h3-8,11,18H,9-10H2,1-2H3. The highest BCUT2D eigenvalue weighted by Crippen LogP contribution is 2.30. The molecule has 2 aromatic rings. The van der Waals surface area contributed by atoms with Gasteiger partial charge in [0.1, 0.15) is 23.0 Å². The van der Waals surface area contributed by atoms with E-state index in [4.69, 9.17) is 14.2 Å². The van der Waals surface area contributed by atoms with Gasteiger partial charge in [-0.15, -0.1) is 0 Å². The molecule has 1 fully saturated rings. The molecule has 1 aliphatic heterocycles. The van der Waals surface area contributed by atoms with Gasteiger partial charge in [0.2, 0.25) is 0 Å². The Bertz CT molecular complexity index is 911. The van der Waals surface area contributed by atoms with E-state index < -0.39 is 16.1 Å². The third kappa shape index (κ3) is 3.52. The summed E-state index contributed by atoms with van der Waals surface area (Å²) in [5.74, 6) is 0.601. The van der Waals surface area contributed by atoms with E-state index in [0.717, 1.165) is 0 Å². The van der Waals surface area contributed by atoms with Crippen LogP contribution in [0.5, 0.6) is 11.5 Å². The van der Waals surface area contributed by atoms with Crippen LogP contribution in [0.15, 0.2) is 47.4 Å². The lowest BCUT2D eigenvalue weighted by molar-refractivity contribution is 0.181. The van der Waals surface area contributed by atoms with E-state index in [1.165, 1.54) is 31.3 Å². The molecular formula is C17H18N2O6S. The number of rotatable bonds is 6. The van der Waals surface area contributed by atoms with Gasteiger partial charge in [0.15, 0.2) is 0 Å². The maximum atomic E-state index is 12.7. The number of methoxy groups -OCH3 is 2. The van der Waals surface area contributed by atoms with E-state index in [9.17, 15) is 13.2 Å². The molecule has 1 N–H and O–H groups in total. The number of nitrogens with zero attached hydrogens (tertiary/aromatic N) is 1. The Kier molecular flexibility index (Phi) is 4.90. The Morgan fingerprint density at radius 3 is 2.38 bits per heavy atom. The molecule has 9 heteroatoms. The van der Waals surface area contributed by atoms with Gasteiger partial charge < -0.3 is 14.2 Å². The summed E-state index contributed by atoms with van der Waals surface area (Å²) < 4.78 is 43.0. The zero-order valence-electron chi connectivity index (χ0n) is 14.3. The molecule has 0 aromatic heterocycles. The van der Waals surface area contributed by atoms with E-state index in [-0.39, 0.29) is 10.6 Å². The Labute approximate surface area is 151 Å². The molecule has 138 valence electrons. The lowest BCUT2D eigenvalue weighted by Gasteiger charge is -2.15. The van der Waals surface area contributed by atoms with Crippen LogP contribution in [0.1, 0.15) is 0 Å². The number of benzene rings is 2. The average Bonchev–Trinajstić information content (AvgIpc) is 3.07. The summed E-state index contributed by atoms with van der Waals surface area (Å²) in [6.07, 6.45) is -0.417. The first-order valence-corrected chi connectivity index (χ1v) is 9.22. The van der Waals surface area contributed by atoms with Gasteiger partial charge in [-0.2, -0.15) is 0 Å². The number of sulfonamides is 1. The Morgan fingerprint density at radius 2 is 1.81 bits per heavy atom. The fourth-order valence-electron chi connectivity index (χ4n) is 2.54. The zero-order chi connectivity index (χ0) is 18.7. The topological polar surface area (TPSA) is 94.2 Å². The van der Waals surface area contributed by atoms with Crippen LogP contribution in [-0.4, -0.2) is 41.9 Å². The van der Waals surface area contributed by atoms with Crippen LogP contribution < -0.4 is 19.1 Å². The highest BCUT2D eigenvalue weighted by Gasteiger charge is 2.24. The molecule has 0 unspecified atom stereocenters. The molecule has 0 bridgehead atoms. The normalized spacial score (nSPS) is 14.1. The maximum absolute atomic E-state index is 12.7. The molecule has 1 aliphatic rings.